The van der Waals surface area contributed by atoms with E-state index in [1.54, 1.807) is 6.07 Å². The van der Waals surface area contributed by atoms with Crippen molar-refractivity contribution < 1.29 is 9.53 Å². The zero-order chi connectivity index (χ0) is 19.6. The monoisotopic (exact) mass is 613 g/mol. The molecule has 0 bridgehead atoms. The van der Waals surface area contributed by atoms with E-state index in [-0.39, 0.29) is 14.6 Å². The van der Waals surface area contributed by atoms with Gasteiger partial charge in [0.05, 0.1) is 16.0 Å². The molecular weight excluding hydrogens is 588 g/mol. The van der Waals surface area contributed by atoms with Gasteiger partial charge in [0, 0.05) is 28.2 Å². The number of nitrogens with zero attached hydrogens (tertiary/aromatic N) is 1. The fourth-order valence-corrected chi connectivity index (χ4v) is 4.82. The van der Waals surface area contributed by atoms with Gasteiger partial charge in [-0.1, -0.05) is 76.0 Å². The van der Waals surface area contributed by atoms with Crippen LogP contribution in [0.1, 0.15) is 32.6 Å². The molecule has 0 saturated carbocycles. The van der Waals surface area contributed by atoms with E-state index in [0.29, 0.717) is 18.9 Å². The highest BCUT2D eigenvalue weighted by Gasteiger charge is 2.13. The number of hydrogen-bond acceptors (Lipinski definition) is 4. The van der Waals surface area contributed by atoms with Crippen molar-refractivity contribution in [3.8, 4) is 5.75 Å². The lowest BCUT2D eigenvalue weighted by Crippen LogP contribution is -2.20. The van der Waals surface area contributed by atoms with Gasteiger partial charge < -0.3 is 9.30 Å². The zero-order valence-electron chi connectivity index (χ0n) is 15.5. The lowest BCUT2D eigenvalue weighted by Gasteiger charge is -2.13. The SMILES string of the molecule is CCCn1c(=O)cc(OCCCCCSC(=O)C(I)CI)c2ccccc21. The molecule has 0 fully saturated rings. The summed E-state index contributed by atoms with van der Waals surface area (Å²) in [5, 5.41) is 1.26. The third kappa shape index (κ3) is 6.92. The molecule has 1 aromatic heterocycles. The first-order chi connectivity index (χ1) is 13.1. The maximum Gasteiger partial charge on any atom is 0.254 e. The molecule has 0 aliphatic carbocycles. The lowest BCUT2D eigenvalue weighted by atomic mass is 10.2. The van der Waals surface area contributed by atoms with Crippen LogP contribution in [0.4, 0.5) is 0 Å². The van der Waals surface area contributed by atoms with Gasteiger partial charge in [-0.05, 0) is 37.8 Å². The van der Waals surface area contributed by atoms with Crippen LogP contribution in [0.15, 0.2) is 35.1 Å². The number of unbranched alkanes of at least 4 members (excludes halogenated alkanes) is 2. The van der Waals surface area contributed by atoms with E-state index in [1.165, 1.54) is 11.8 Å². The minimum Gasteiger partial charge on any atom is -0.493 e. The number of thioether (sulfide) groups is 1. The first-order valence-corrected chi connectivity index (χ1v) is 13.0. The second kappa shape index (κ2) is 12.3. The Hall–Kier alpha value is -0.290. The highest BCUT2D eigenvalue weighted by molar-refractivity contribution is 14.1. The van der Waals surface area contributed by atoms with E-state index in [0.717, 1.165) is 46.8 Å². The Morgan fingerprint density at radius 3 is 2.78 bits per heavy atom. The standard InChI is InChI=1S/C20H25I2NO3S/c1-2-10-23-17-9-5-4-8-15(17)18(13-19(23)24)26-11-6-3-7-12-27-20(25)16(22)14-21/h4-5,8-9,13,16H,2-3,6-7,10-12,14H2,1H3. The quantitative estimate of drug-likeness (QED) is 0.192. The van der Waals surface area contributed by atoms with E-state index in [1.807, 2.05) is 28.8 Å². The van der Waals surface area contributed by atoms with Crippen LogP contribution in [0, 0.1) is 0 Å². The number of benzene rings is 1. The topological polar surface area (TPSA) is 48.3 Å². The van der Waals surface area contributed by atoms with Crippen molar-refractivity contribution in [3.05, 3.63) is 40.7 Å². The molecule has 2 aromatic rings. The van der Waals surface area contributed by atoms with Crippen molar-refractivity contribution in [1.29, 1.82) is 0 Å². The van der Waals surface area contributed by atoms with Gasteiger partial charge in [0.15, 0.2) is 0 Å². The van der Waals surface area contributed by atoms with Crippen LogP contribution in [0.25, 0.3) is 10.9 Å². The summed E-state index contributed by atoms with van der Waals surface area (Å²) in [5.41, 5.74) is 0.921. The minimum atomic E-state index is -0.0101. The van der Waals surface area contributed by atoms with Gasteiger partial charge in [-0.2, -0.15) is 0 Å². The predicted octanol–water partition coefficient (Wildman–Crippen LogP) is 5.46. The van der Waals surface area contributed by atoms with Crippen LogP contribution in [0.3, 0.4) is 0 Å². The second-order valence-electron chi connectivity index (χ2n) is 6.21. The molecule has 1 atom stereocenters. The van der Waals surface area contributed by atoms with E-state index in [9.17, 15) is 9.59 Å². The van der Waals surface area contributed by atoms with Crippen molar-refractivity contribution in [2.45, 2.75) is 43.1 Å². The number of aromatic nitrogens is 1. The van der Waals surface area contributed by atoms with Crippen LogP contribution in [0.5, 0.6) is 5.75 Å². The highest BCUT2D eigenvalue weighted by atomic mass is 127. The number of alkyl halides is 2. The molecule has 1 unspecified atom stereocenters. The van der Waals surface area contributed by atoms with E-state index >= 15 is 0 Å². The molecule has 4 nitrogen and oxygen atoms in total. The van der Waals surface area contributed by atoms with E-state index in [4.69, 9.17) is 4.74 Å². The molecule has 7 heteroatoms. The Balaban J connectivity index is 1.85. The van der Waals surface area contributed by atoms with Gasteiger partial charge in [-0.3, -0.25) is 9.59 Å². The Bertz CT molecular complexity index is 809. The number of fused-ring (bicyclic) bond motifs is 1. The summed E-state index contributed by atoms with van der Waals surface area (Å²) >= 11 is 5.89. The number of carbonyl (C=O) groups excluding carboxylic acids is 1. The van der Waals surface area contributed by atoms with Gasteiger partial charge in [0.2, 0.25) is 5.12 Å². The molecule has 1 aromatic carbocycles. The van der Waals surface area contributed by atoms with E-state index < -0.39 is 0 Å². The molecule has 148 valence electrons. The number of hydrogen-bond donors (Lipinski definition) is 0. The smallest absolute Gasteiger partial charge is 0.254 e. The van der Waals surface area contributed by atoms with Crippen molar-refractivity contribution in [1.82, 2.24) is 4.57 Å². The molecule has 0 N–H and O–H groups in total. The number of aryl methyl sites for hydroxylation is 1. The lowest BCUT2D eigenvalue weighted by molar-refractivity contribution is -0.109. The molecule has 0 spiro atoms. The number of halogens is 2. The molecule has 1 heterocycles. The normalized spacial score (nSPS) is 12.3. The molecule has 0 saturated heterocycles. The number of carbonyl (C=O) groups is 1. The van der Waals surface area contributed by atoms with Gasteiger partial charge in [-0.15, -0.1) is 0 Å². The molecule has 27 heavy (non-hydrogen) atoms. The van der Waals surface area contributed by atoms with Gasteiger partial charge in [0.25, 0.3) is 5.56 Å². The summed E-state index contributed by atoms with van der Waals surface area (Å²) < 4.78 is 8.71. The third-order valence-electron chi connectivity index (χ3n) is 4.11. The van der Waals surface area contributed by atoms with Gasteiger partial charge in [0.1, 0.15) is 5.75 Å². The maximum absolute atomic E-state index is 12.4. The average molecular weight is 613 g/mol. The summed E-state index contributed by atoms with van der Waals surface area (Å²) in [6.07, 6.45) is 3.85. The fourth-order valence-electron chi connectivity index (χ4n) is 2.77. The Labute approximate surface area is 192 Å². The Morgan fingerprint density at radius 2 is 2.04 bits per heavy atom. The summed E-state index contributed by atoms with van der Waals surface area (Å²) in [6, 6.07) is 9.52. The molecule has 0 aliphatic heterocycles. The number of para-hydroxylation sites is 1. The van der Waals surface area contributed by atoms with E-state index in [2.05, 4.69) is 52.1 Å². The first kappa shape index (κ1) is 23.0. The predicted molar refractivity (Wildman–Crippen MR) is 132 cm³/mol. The molecule has 2 rings (SSSR count). The third-order valence-corrected chi connectivity index (χ3v) is 9.17. The van der Waals surface area contributed by atoms with Crippen LogP contribution in [-0.4, -0.2) is 30.4 Å². The van der Waals surface area contributed by atoms with Crippen LogP contribution in [-0.2, 0) is 11.3 Å². The van der Waals surface area contributed by atoms with Crippen LogP contribution in [0.2, 0.25) is 0 Å². The number of ether oxygens (including phenoxy) is 1. The number of pyridine rings is 1. The highest BCUT2D eigenvalue weighted by Crippen LogP contribution is 2.24. The largest absolute Gasteiger partial charge is 0.493 e. The molecular formula is C20H25I2NO3S. The fraction of sp³-hybridized carbons (Fsp3) is 0.500. The van der Waals surface area contributed by atoms with Crippen molar-refractivity contribution in [2.24, 2.45) is 0 Å². The zero-order valence-corrected chi connectivity index (χ0v) is 20.6. The van der Waals surface area contributed by atoms with Gasteiger partial charge in [-0.25, -0.2) is 0 Å². The molecule has 0 aliphatic rings. The summed E-state index contributed by atoms with van der Waals surface area (Å²) in [6.45, 7) is 3.37. The van der Waals surface area contributed by atoms with Gasteiger partial charge >= 0.3 is 0 Å². The van der Waals surface area contributed by atoms with Crippen LogP contribution >= 0.6 is 56.9 Å². The number of rotatable bonds is 11. The van der Waals surface area contributed by atoms with Crippen molar-refractivity contribution >= 4 is 73.0 Å². The first-order valence-electron chi connectivity index (χ1n) is 9.20. The minimum absolute atomic E-state index is 0.0101. The molecule has 0 amide bonds. The van der Waals surface area contributed by atoms with Crippen molar-refractivity contribution in [3.63, 3.8) is 0 Å². The molecule has 0 radical (unpaired) electrons. The maximum atomic E-state index is 12.4. The summed E-state index contributed by atoms with van der Waals surface area (Å²) in [4.78, 5) is 24.2. The van der Waals surface area contributed by atoms with Crippen molar-refractivity contribution in [2.75, 3.05) is 16.8 Å². The second-order valence-corrected chi connectivity index (χ2v) is 9.70. The summed E-state index contributed by atoms with van der Waals surface area (Å²) in [5.74, 6) is 1.53. The summed E-state index contributed by atoms with van der Waals surface area (Å²) in [7, 11) is 0. The average Bonchev–Trinajstić information content (AvgIpc) is 2.69. The Morgan fingerprint density at radius 1 is 1.26 bits per heavy atom. The van der Waals surface area contributed by atoms with Crippen LogP contribution < -0.4 is 10.3 Å². The Kier molecular flexibility index (Phi) is 10.5.